The molecule has 0 spiro atoms. The summed E-state index contributed by atoms with van der Waals surface area (Å²) in [5.41, 5.74) is 6.69. The highest BCUT2D eigenvalue weighted by Gasteiger charge is 2.27. The highest BCUT2D eigenvalue weighted by molar-refractivity contribution is 7.10. The Morgan fingerprint density at radius 3 is 2.29 bits per heavy atom. The number of nitrogens with one attached hydrogen (secondary N) is 1. The lowest BCUT2D eigenvalue weighted by atomic mass is 10.0. The molecule has 1 amide bonds. The monoisotopic (exact) mass is 695 g/mol. The summed E-state index contributed by atoms with van der Waals surface area (Å²) < 4.78 is 26.5. The van der Waals surface area contributed by atoms with E-state index in [9.17, 15) is 9.18 Å². The topological polar surface area (TPSA) is 79.8 Å². The summed E-state index contributed by atoms with van der Waals surface area (Å²) in [6.07, 6.45) is 1.39. The second-order valence-electron chi connectivity index (χ2n) is 12.2. The molecule has 2 saturated heterocycles. The van der Waals surface area contributed by atoms with Gasteiger partial charge in [0.1, 0.15) is 28.0 Å². The highest BCUT2D eigenvalue weighted by atomic mass is 32.1. The van der Waals surface area contributed by atoms with Gasteiger partial charge in [-0.15, -0.1) is 29.3 Å². The van der Waals surface area contributed by atoms with E-state index < -0.39 is 0 Å². The zero-order chi connectivity index (χ0) is 33.6. The van der Waals surface area contributed by atoms with Gasteiger partial charge in [0.05, 0.1) is 31.1 Å². The number of halogens is 1. The summed E-state index contributed by atoms with van der Waals surface area (Å²) in [7, 11) is 0. The van der Waals surface area contributed by atoms with Gasteiger partial charge in [0.2, 0.25) is 5.91 Å². The summed E-state index contributed by atoms with van der Waals surface area (Å²) >= 11 is 3.12. The number of aromatic nitrogens is 2. The van der Waals surface area contributed by atoms with Crippen LogP contribution in [0.3, 0.4) is 0 Å². The molecule has 252 valence electrons. The van der Waals surface area contributed by atoms with Gasteiger partial charge in [0.15, 0.2) is 0 Å². The van der Waals surface area contributed by atoms with Crippen LogP contribution in [0.15, 0.2) is 96.2 Å². The largest absolute Gasteiger partial charge is 0.368 e. The molecule has 2 unspecified atom stereocenters. The maximum Gasteiger partial charge on any atom is 0.234 e. The quantitative estimate of drug-likeness (QED) is 0.149. The minimum atomic E-state index is -0.265. The number of ether oxygens (including phenoxy) is 2. The molecule has 2 aliphatic heterocycles. The third-order valence-corrected chi connectivity index (χ3v) is 10.6. The smallest absolute Gasteiger partial charge is 0.234 e. The maximum atomic E-state index is 14.3. The molecule has 4 heterocycles. The van der Waals surface area contributed by atoms with Crippen molar-refractivity contribution < 1.29 is 18.7 Å². The van der Waals surface area contributed by atoms with Crippen molar-refractivity contribution in [3.8, 4) is 33.6 Å². The molecule has 0 aliphatic carbocycles. The predicted octanol–water partition coefficient (Wildman–Crippen LogP) is 6.99. The van der Waals surface area contributed by atoms with Crippen LogP contribution < -0.4 is 5.32 Å². The fourth-order valence-electron chi connectivity index (χ4n) is 6.17. The van der Waals surface area contributed by atoms with Gasteiger partial charge in [-0.05, 0) is 34.9 Å². The fourth-order valence-corrected chi connectivity index (χ4v) is 7.90. The number of thiazole rings is 2. The zero-order valence-corrected chi connectivity index (χ0v) is 28.7. The minimum absolute atomic E-state index is 0.00933. The lowest BCUT2D eigenvalue weighted by molar-refractivity contribution is -0.124. The van der Waals surface area contributed by atoms with E-state index in [1.807, 2.05) is 11.4 Å². The highest BCUT2D eigenvalue weighted by Crippen LogP contribution is 2.33. The average molecular weight is 696 g/mol. The molecule has 2 aliphatic rings. The first-order valence-corrected chi connectivity index (χ1v) is 18.2. The van der Waals surface area contributed by atoms with Crippen LogP contribution in [0.5, 0.6) is 0 Å². The Hall–Kier alpha value is -4.10. The number of morpholine rings is 2. The normalized spacial score (nSPS) is 18.7. The molecule has 2 aromatic heterocycles. The second-order valence-corrected chi connectivity index (χ2v) is 14.0. The second kappa shape index (κ2) is 15.6. The van der Waals surface area contributed by atoms with Crippen molar-refractivity contribution in [2.45, 2.75) is 18.8 Å². The number of rotatable bonds is 11. The lowest BCUT2D eigenvalue weighted by Gasteiger charge is -2.32. The van der Waals surface area contributed by atoms with E-state index in [1.54, 1.807) is 29.5 Å². The van der Waals surface area contributed by atoms with Crippen molar-refractivity contribution in [3.05, 3.63) is 118 Å². The van der Waals surface area contributed by atoms with Crippen LogP contribution in [0.2, 0.25) is 0 Å². The lowest BCUT2D eigenvalue weighted by Crippen LogP contribution is -2.44. The van der Waals surface area contributed by atoms with Crippen LogP contribution in [0.4, 0.5) is 4.39 Å². The van der Waals surface area contributed by atoms with Gasteiger partial charge in [-0.1, -0.05) is 60.7 Å². The van der Waals surface area contributed by atoms with Crippen LogP contribution in [0.25, 0.3) is 33.6 Å². The van der Waals surface area contributed by atoms with Crippen molar-refractivity contribution in [3.63, 3.8) is 0 Å². The van der Waals surface area contributed by atoms with Crippen LogP contribution in [0.1, 0.15) is 27.8 Å². The molecule has 8 nitrogen and oxygen atoms in total. The van der Waals surface area contributed by atoms with Crippen molar-refractivity contribution >= 4 is 28.6 Å². The first-order chi connectivity index (χ1) is 24.0. The third kappa shape index (κ3) is 8.21. The van der Waals surface area contributed by atoms with Crippen molar-refractivity contribution in [2.24, 2.45) is 0 Å². The zero-order valence-electron chi connectivity index (χ0n) is 27.1. The number of carbonyl (C=O) groups excluding carboxylic acids is 1. The maximum absolute atomic E-state index is 14.3. The van der Waals surface area contributed by atoms with Gasteiger partial charge in [0, 0.05) is 61.2 Å². The van der Waals surface area contributed by atoms with Crippen LogP contribution >= 0.6 is 22.7 Å². The fraction of sp³-hybridized carbons (Fsp3) is 0.289. The summed E-state index contributed by atoms with van der Waals surface area (Å²) in [6, 6.07) is 24.0. The van der Waals surface area contributed by atoms with E-state index in [4.69, 9.17) is 19.4 Å². The Morgan fingerprint density at radius 1 is 0.857 bits per heavy atom. The molecular weight excluding hydrogens is 658 g/mol. The number of hydrogen-bond donors (Lipinski definition) is 1. The minimum Gasteiger partial charge on any atom is -0.368 e. The van der Waals surface area contributed by atoms with E-state index >= 15 is 0 Å². The molecule has 0 bridgehead atoms. The Kier molecular flexibility index (Phi) is 10.7. The van der Waals surface area contributed by atoms with Crippen molar-refractivity contribution in [1.29, 1.82) is 0 Å². The molecule has 0 radical (unpaired) electrons. The van der Waals surface area contributed by atoms with E-state index in [2.05, 4.69) is 75.6 Å². The van der Waals surface area contributed by atoms with Gasteiger partial charge in [-0.3, -0.25) is 14.6 Å². The molecule has 0 saturated carbocycles. The van der Waals surface area contributed by atoms with Crippen LogP contribution in [0, 0.1) is 5.82 Å². The number of hydrogen-bond acceptors (Lipinski definition) is 9. The van der Waals surface area contributed by atoms with Crippen LogP contribution in [-0.2, 0) is 20.8 Å². The number of nitrogens with zero attached hydrogens (tertiary/aromatic N) is 4. The number of carbonyl (C=O) groups is 1. The van der Waals surface area contributed by atoms with Gasteiger partial charge < -0.3 is 14.8 Å². The Morgan fingerprint density at radius 2 is 1.53 bits per heavy atom. The Balaban J connectivity index is 0.964. The summed E-state index contributed by atoms with van der Waals surface area (Å²) in [4.78, 5) is 26.3. The SMILES string of the molecule is C=CCNC(=O)CN1CCOC(c2nc(-c3ccc(-c4cccc(CN5CCOC(c6nc(-c7ccccc7F)cs6)C5)c4)cc3)cs2)C1. The summed E-state index contributed by atoms with van der Waals surface area (Å²) in [5.74, 6) is -0.275. The van der Waals surface area contributed by atoms with E-state index in [0.717, 1.165) is 58.6 Å². The van der Waals surface area contributed by atoms with Gasteiger partial charge in [-0.2, -0.15) is 0 Å². The third-order valence-electron chi connectivity index (χ3n) is 8.70. The number of benzene rings is 3. The van der Waals surface area contributed by atoms with Gasteiger partial charge >= 0.3 is 0 Å². The molecule has 2 fully saturated rings. The molecule has 11 heteroatoms. The van der Waals surface area contributed by atoms with E-state index in [-0.39, 0.29) is 23.9 Å². The Bertz CT molecular complexity index is 1890. The van der Waals surface area contributed by atoms with Crippen molar-refractivity contribution in [2.75, 3.05) is 52.5 Å². The molecule has 7 rings (SSSR count). The Labute approximate surface area is 293 Å². The average Bonchev–Trinajstić information content (AvgIpc) is 3.83. The van der Waals surface area contributed by atoms with Gasteiger partial charge in [-0.25, -0.2) is 14.4 Å². The van der Waals surface area contributed by atoms with E-state index in [0.29, 0.717) is 44.1 Å². The first-order valence-electron chi connectivity index (χ1n) is 16.4. The molecular formula is C38H38FN5O3S2. The summed E-state index contributed by atoms with van der Waals surface area (Å²) in [6.45, 7) is 9.38. The van der Waals surface area contributed by atoms with Crippen LogP contribution in [-0.4, -0.2) is 78.2 Å². The van der Waals surface area contributed by atoms with E-state index in [1.165, 1.54) is 23.0 Å². The molecule has 2 atom stereocenters. The van der Waals surface area contributed by atoms with Gasteiger partial charge in [0.25, 0.3) is 0 Å². The summed E-state index contributed by atoms with van der Waals surface area (Å²) in [5, 5.41) is 8.63. The predicted molar refractivity (Wildman–Crippen MR) is 193 cm³/mol. The standard InChI is InChI=1S/C38H38FN5O3S2/c1-2-14-40-36(45)23-44-16-18-47-35(22-44)37-41-32(24-48-37)28-12-10-27(11-13-28)29-7-5-6-26(19-29)20-43-15-17-46-34(21-43)38-42-33(25-49-38)30-8-3-4-9-31(30)39/h2-13,19,24-25,34-35H,1,14-18,20-23H2,(H,40,45). The van der Waals surface area contributed by atoms with Crippen molar-refractivity contribution in [1.82, 2.24) is 25.1 Å². The first kappa shape index (κ1) is 33.4. The molecule has 49 heavy (non-hydrogen) atoms. The molecule has 3 aromatic carbocycles. The number of amides is 1. The molecule has 5 aromatic rings. The molecule has 1 N–H and O–H groups in total.